The third-order valence-corrected chi connectivity index (χ3v) is 7.80. The second-order valence-electron chi connectivity index (χ2n) is 10.8. The molecule has 0 saturated carbocycles. The number of piperidine rings is 1. The molecule has 0 radical (unpaired) electrons. The Bertz CT molecular complexity index is 1250. The Morgan fingerprint density at radius 2 is 1.23 bits per heavy atom. The average Bonchev–Trinajstić information content (AvgIpc) is 3.00. The van der Waals surface area contributed by atoms with E-state index in [1.165, 1.54) is 11.1 Å². The first-order valence-corrected chi connectivity index (χ1v) is 14.4. The van der Waals surface area contributed by atoms with E-state index in [-0.39, 0.29) is 12.1 Å². The van der Waals surface area contributed by atoms with E-state index in [9.17, 15) is 4.79 Å². The predicted octanol–water partition coefficient (Wildman–Crippen LogP) is 7.28. The number of nitrogens with one attached hydrogen (secondary N) is 1. The number of rotatable bonds is 10. The Labute approximate surface area is 239 Å². The van der Waals surface area contributed by atoms with E-state index in [1.54, 1.807) is 0 Å². The van der Waals surface area contributed by atoms with Crippen molar-refractivity contribution < 1.29 is 4.79 Å². The number of urea groups is 1. The monoisotopic (exact) mass is 532 g/mol. The Balaban J connectivity index is 1.23. The van der Waals surface area contributed by atoms with Crippen molar-refractivity contribution >= 4 is 17.4 Å². The van der Waals surface area contributed by atoms with Crippen LogP contribution in [0.2, 0.25) is 0 Å². The molecule has 206 valence electrons. The van der Waals surface area contributed by atoms with Gasteiger partial charge in [-0.1, -0.05) is 97.1 Å². The van der Waals surface area contributed by atoms with E-state index in [2.05, 4.69) is 82.7 Å². The Kier molecular flexibility index (Phi) is 9.62. The number of anilines is 2. The molecule has 0 spiro atoms. The molecule has 2 amide bonds. The van der Waals surface area contributed by atoms with Gasteiger partial charge in [-0.15, -0.1) is 0 Å². The predicted molar refractivity (Wildman–Crippen MR) is 165 cm³/mol. The smallest absolute Gasteiger partial charge is 0.308 e. The zero-order chi connectivity index (χ0) is 27.6. The molecule has 0 aromatic heterocycles. The zero-order valence-corrected chi connectivity index (χ0v) is 23.4. The van der Waals surface area contributed by atoms with Gasteiger partial charge in [0.2, 0.25) is 0 Å². The lowest BCUT2D eigenvalue weighted by Crippen LogP contribution is -2.51. The van der Waals surface area contributed by atoms with E-state index < -0.39 is 0 Å². The first-order chi connectivity index (χ1) is 19.7. The van der Waals surface area contributed by atoms with Crippen LogP contribution in [0.15, 0.2) is 121 Å². The summed E-state index contributed by atoms with van der Waals surface area (Å²) in [5, 5.41) is 3.11. The van der Waals surface area contributed by atoms with Gasteiger partial charge in [0.05, 0.1) is 0 Å². The molecule has 0 bridgehead atoms. The largest absolute Gasteiger partial charge is 0.326 e. The van der Waals surface area contributed by atoms with Crippen LogP contribution in [0.1, 0.15) is 30.9 Å². The molecule has 1 saturated heterocycles. The minimum atomic E-state index is -0.0684. The van der Waals surface area contributed by atoms with Gasteiger partial charge in [0, 0.05) is 56.2 Å². The van der Waals surface area contributed by atoms with Crippen molar-refractivity contribution in [2.45, 2.75) is 44.9 Å². The lowest BCUT2D eigenvalue weighted by atomic mass is 10.0. The van der Waals surface area contributed by atoms with E-state index in [0.717, 1.165) is 56.9 Å². The fourth-order valence-electron chi connectivity index (χ4n) is 5.64. The number of benzene rings is 4. The van der Waals surface area contributed by atoms with Crippen molar-refractivity contribution in [1.82, 2.24) is 9.80 Å². The molecule has 1 unspecified atom stereocenters. The highest BCUT2D eigenvalue weighted by atomic mass is 16.2. The van der Waals surface area contributed by atoms with Crippen LogP contribution >= 0.6 is 0 Å². The number of hydrogen-bond donors (Lipinski definition) is 1. The Morgan fingerprint density at radius 1 is 0.750 bits per heavy atom. The summed E-state index contributed by atoms with van der Waals surface area (Å²) in [5.74, 6) is 0. The number of amides is 2. The zero-order valence-electron chi connectivity index (χ0n) is 23.4. The summed E-state index contributed by atoms with van der Waals surface area (Å²) in [5.41, 5.74) is 4.44. The lowest BCUT2D eigenvalue weighted by Gasteiger charge is -2.40. The number of carbonyl (C=O) groups excluding carboxylic acids is 1. The minimum Gasteiger partial charge on any atom is -0.308 e. The molecule has 5 heteroatoms. The molecule has 1 fully saturated rings. The maximum absolute atomic E-state index is 13.5. The quantitative estimate of drug-likeness (QED) is 0.233. The van der Waals surface area contributed by atoms with Gasteiger partial charge in [-0.3, -0.25) is 9.80 Å². The highest BCUT2D eigenvalue weighted by Crippen LogP contribution is 2.26. The summed E-state index contributed by atoms with van der Waals surface area (Å²) >= 11 is 0. The van der Waals surface area contributed by atoms with Gasteiger partial charge in [-0.2, -0.15) is 0 Å². The highest BCUT2D eigenvalue weighted by Gasteiger charge is 2.30. The molecule has 1 atom stereocenters. The van der Waals surface area contributed by atoms with Gasteiger partial charge < -0.3 is 10.2 Å². The third kappa shape index (κ3) is 7.59. The molecule has 40 heavy (non-hydrogen) atoms. The van der Waals surface area contributed by atoms with Crippen LogP contribution < -0.4 is 10.2 Å². The van der Waals surface area contributed by atoms with Gasteiger partial charge in [0.1, 0.15) is 0 Å². The van der Waals surface area contributed by atoms with E-state index in [1.807, 2.05) is 65.6 Å². The summed E-state index contributed by atoms with van der Waals surface area (Å²) in [4.78, 5) is 20.6. The van der Waals surface area contributed by atoms with Crippen LogP contribution in [0.3, 0.4) is 0 Å². The van der Waals surface area contributed by atoms with Crippen LogP contribution in [0.25, 0.3) is 0 Å². The van der Waals surface area contributed by atoms with E-state index in [4.69, 9.17) is 0 Å². The fourth-order valence-corrected chi connectivity index (χ4v) is 5.64. The Morgan fingerprint density at radius 3 is 1.75 bits per heavy atom. The van der Waals surface area contributed by atoms with E-state index in [0.29, 0.717) is 6.04 Å². The first-order valence-electron chi connectivity index (χ1n) is 14.4. The Hall–Kier alpha value is -3.93. The van der Waals surface area contributed by atoms with Crippen LogP contribution in [0, 0.1) is 0 Å². The topological polar surface area (TPSA) is 38.8 Å². The first kappa shape index (κ1) is 27.6. The standard InChI is InChI=1S/C35H40N4O/c1-29(38(27-30-14-6-2-7-15-30)28-31-16-8-3-9-17-31)26-37-24-22-34(23-25-37)39(33-20-12-5-13-21-33)35(40)36-32-18-10-4-11-19-32/h2-21,29,34H,22-28H2,1H3,(H,36,40). The molecular weight excluding hydrogens is 492 g/mol. The number of hydrogen-bond acceptors (Lipinski definition) is 3. The minimum absolute atomic E-state index is 0.0684. The lowest BCUT2D eigenvalue weighted by molar-refractivity contribution is 0.118. The molecule has 1 aliphatic rings. The van der Waals surface area contributed by atoms with Gasteiger partial charge in [0.25, 0.3) is 0 Å². The van der Waals surface area contributed by atoms with Crippen LogP contribution in [-0.2, 0) is 13.1 Å². The number of carbonyl (C=O) groups is 1. The molecule has 5 nitrogen and oxygen atoms in total. The summed E-state index contributed by atoms with van der Waals surface area (Å²) in [6.07, 6.45) is 1.89. The summed E-state index contributed by atoms with van der Waals surface area (Å²) in [6.45, 7) is 7.15. The van der Waals surface area contributed by atoms with E-state index >= 15 is 0 Å². The highest BCUT2D eigenvalue weighted by molar-refractivity contribution is 6.02. The van der Waals surface area contributed by atoms with Gasteiger partial charge in [-0.25, -0.2) is 4.79 Å². The van der Waals surface area contributed by atoms with Gasteiger partial charge in [0.15, 0.2) is 0 Å². The summed E-state index contributed by atoms with van der Waals surface area (Å²) in [7, 11) is 0. The van der Waals surface area contributed by atoms with Gasteiger partial charge in [-0.05, 0) is 55.2 Å². The van der Waals surface area contributed by atoms with Crippen molar-refractivity contribution in [1.29, 1.82) is 0 Å². The maximum Gasteiger partial charge on any atom is 0.326 e. The molecule has 1 aliphatic heterocycles. The molecule has 1 heterocycles. The number of para-hydroxylation sites is 2. The average molecular weight is 533 g/mol. The normalized spacial score (nSPS) is 15.1. The van der Waals surface area contributed by atoms with Crippen molar-refractivity contribution in [3.05, 3.63) is 132 Å². The fraction of sp³-hybridized carbons (Fsp3) is 0.286. The van der Waals surface area contributed by atoms with Crippen molar-refractivity contribution in [2.24, 2.45) is 0 Å². The van der Waals surface area contributed by atoms with Crippen LogP contribution in [0.5, 0.6) is 0 Å². The number of likely N-dealkylation sites (tertiary alicyclic amines) is 1. The van der Waals surface area contributed by atoms with Crippen LogP contribution in [-0.4, -0.2) is 47.5 Å². The van der Waals surface area contributed by atoms with Crippen molar-refractivity contribution in [2.75, 3.05) is 29.9 Å². The second kappa shape index (κ2) is 13.9. The molecule has 0 aliphatic carbocycles. The maximum atomic E-state index is 13.5. The summed E-state index contributed by atoms with van der Waals surface area (Å²) < 4.78 is 0. The second-order valence-corrected chi connectivity index (χ2v) is 10.8. The van der Waals surface area contributed by atoms with Crippen molar-refractivity contribution in [3.8, 4) is 0 Å². The molecule has 4 aromatic rings. The third-order valence-electron chi connectivity index (χ3n) is 7.80. The van der Waals surface area contributed by atoms with Crippen molar-refractivity contribution in [3.63, 3.8) is 0 Å². The van der Waals surface area contributed by atoms with Gasteiger partial charge >= 0.3 is 6.03 Å². The molecule has 5 rings (SSSR count). The van der Waals surface area contributed by atoms with Crippen LogP contribution in [0.4, 0.5) is 16.2 Å². The molecule has 1 N–H and O–H groups in total. The molecular formula is C35H40N4O. The number of nitrogens with zero attached hydrogens (tertiary/aromatic N) is 3. The SMILES string of the molecule is CC(CN1CCC(N(C(=O)Nc2ccccc2)c2ccccc2)CC1)N(Cc1ccccc1)Cc1ccccc1. The molecule has 4 aromatic carbocycles. The summed E-state index contributed by atoms with van der Waals surface area (Å²) in [6, 6.07) is 41.8.